The van der Waals surface area contributed by atoms with Gasteiger partial charge in [0.2, 0.25) is 5.91 Å². The number of nitrogens with zero attached hydrogens (tertiary/aromatic N) is 2. The van der Waals surface area contributed by atoms with Gasteiger partial charge in [-0.2, -0.15) is 0 Å². The molecule has 160 valence electrons. The molecule has 10 heteroatoms. The van der Waals surface area contributed by atoms with Crippen molar-refractivity contribution in [2.75, 3.05) is 16.2 Å². The van der Waals surface area contributed by atoms with Gasteiger partial charge in [-0.05, 0) is 64.8 Å². The average molecular weight is 504 g/mol. The first-order valence-electron chi connectivity index (χ1n) is 9.07. The van der Waals surface area contributed by atoms with Crippen molar-refractivity contribution >= 4 is 48.9 Å². The van der Waals surface area contributed by atoms with Crippen LogP contribution in [-0.4, -0.2) is 25.8 Å². The van der Waals surface area contributed by atoms with E-state index in [-0.39, 0.29) is 16.3 Å². The Morgan fingerprint density at radius 2 is 1.71 bits per heavy atom. The highest BCUT2D eigenvalue weighted by atomic mass is 79.9. The number of non-ortho nitro benzene ring substituents is 1. The average Bonchev–Trinajstić information content (AvgIpc) is 2.74. The molecule has 0 saturated carbocycles. The van der Waals surface area contributed by atoms with Gasteiger partial charge in [-0.3, -0.25) is 19.2 Å². The summed E-state index contributed by atoms with van der Waals surface area (Å²) in [6, 6.07) is 18.0. The van der Waals surface area contributed by atoms with Crippen LogP contribution in [0.25, 0.3) is 0 Å². The van der Waals surface area contributed by atoms with Crippen molar-refractivity contribution in [1.82, 2.24) is 0 Å². The summed E-state index contributed by atoms with van der Waals surface area (Å²) in [6.07, 6.45) is 0. The Labute approximate surface area is 187 Å². The number of benzene rings is 3. The Bertz CT molecular complexity index is 1220. The van der Waals surface area contributed by atoms with Crippen LogP contribution in [0.1, 0.15) is 5.56 Å². The SMILES string of the molecule is Cc1ccc(NC(=O)CN(c2ccc([N+](=O)[O-])cc2)S(=O)(=O)c2ccccc2)c(Br)c1. The Hall–Kier alpha value is -3.24. The van der Waals surface area contributed by atoms with Crippen LogP contribution in [0.4, 0.5) is 17.1 Å². The number of sulfonamides is 1. The van der Waals surface area contributed by atoms with E-state index in [2.05, 4.69) is 21.2 Å². The molecule has 31 heavy (non-hydrogen) atoms. The number of hydrogen-bond donors (Lipinski definition) is 1. The van der Waals surface area contributed by atoms with E-state index in [0.717, 1.165) is 9.87 Å². The lowest BCUT2D eigenvalue weighted by Crippen LogP contribution is -2.38. The topological polar surface area (TPSA) is 110 Å². The third-order valence-electron chi connectivity index (χ3n) is 4.37. The van der Waals surface area contributed by atoms with E-state index in [1.165, 1.54) is 36.4 Å². The van der Waals surface area contributed by atoms with Gasteiger partial charge in [-0.15, -0.1) is 0 Å². The van der Waals surface area contributed by atoms with Crippen molar-refractivity contribution in [3.05, 3.63) is 92.9 Å². The number of nitrogens with one attached hydrogen (secondary N) is 1. The number of amides is 1. The second-order valence-corrected chi connectivity index (χ2v) is 9.35. The highest BCUT2D eigenvalue weighted by molar-refractivity contribution is 9.10. The molecule has 0 unspecified atom stereocenters. The monoisotopic (exact) mass is 503 g/mol. The van der Waals surface area contributed by atoms with E-state index in [9.17, 15) is 23.3 Å². The maximum Gasteiger partial charge on any atom is 0.269 e. The molecule has 0 aliphatic rings. The summed E-state index contributed by atoms with van der Waals surface area (Å²) in [5, 5.41) is 13.6. The number of aryl methyl sites for hydroxylation is 1. The minimum atomic E-state index is -4.10. The van der Waals surface area contributed by atoms with Crippen LogP contribution < -0.4 is 9.62 Å². The van der Waals surface area contributed by atoms with E-state index in [1.807, 2.05) is 19.1 Å². The number of nitro benzene ring substituents is 1. The van der Waals surface area contributed by atoms with Gasteiger partial charge in [-0.25, -0.2) is 8.42 Å². The van der Waals surface area contributed by atoms with E-state index in [4.69, 9.17) is 0 Å². The molecule has 3 aromatic rings. The summed E-state index contributed by atoms with van der Waals surface area (Å²) < 4.78 is 28.1. The Balaban J connectivity index is 1.95. The highest BCUT2D eigenvalue weighted by Gasteiger charge is 2.27. The van der Waals surface area contributed by atoms with Crippen molar-refractivity contribution in [3.63, 3.8) is 0 Å². The number of nitro groups is 1. The molecule has 0 spiro atoms. The lowest BCUT2D eigenvalue weighted by atomic mass is 10.2. The number of carbonyl (C=O) groups excluding carboxylic acids is 1. The van der Waals surface area contributed by atoms with Gasteiger partial charge < -0.3 is 5.32 Å². The maximum absolute atomic E-state index is 13.3. The number of anilines is 2. The fourth-order valence-electron chi connectivity index (χ4n) is 2.82. The third kappa shape index (κ3) is 5.28. The third-order valence-corrected chi connectivity index (χ3v) is 6.81. The highest BCUT2D eigenvalue weighted by Crippen LogP contribution is 2.27. The van der Waals surface area contributed by atoms with Crippen LogP contribution in [0.5, 0.6) is 0 Å². The second kappa shape index (κ2) is 9.27. The molecule has 0 aliphatic carbocycles. The summed E-state index contributed by atoms with van der Waals surface area (Å²) >= 11 is 3.37. The second-order valence-electron chi connectivity index (χ2n) is 6.63. The maximum atomic E-state index is 13.3. The molecule has 1 N–H and O–H groups in total. The zero-order valence-corrected chi connectivity index (χ0v) is 18.8. The van der Waals surface area contributed by atoms with Crippen LogP contribution in [0, 0.1) is 17.0 Å². The fraction of sp³-hybridized carbons (Fsp3) is 0.0952. The predicted molar refractivity (Wildman–Crippen MR) is 122 cm³/mol. The molecule has 0 radical (unpaired) electrons. The van der Waals surface area contributed by atoms with Crippen molar-refractivity contribution in [2.45, 2.75) is 11.8 Å². The predicted octanol–water partition coefficient (Wildman–Crippen LogP) is 4.50. The molecule has 0 heterocycles. The standard InChI is InChI=1S/C21H18BrN3O5S/c1-15-7-12-20(19(22)13-15)23-21(26)14-24(16-8-10-17(11-9-16)25(27)28)31(29,30)18-5-3-2-4-6-18/h2-13H,14H2,1H3,(H,23,26). The minimum absolute atomic E-state index is 0.00216. The molecule has 3 rings (SSSR count). The first-order valence-corrected chi connectivity index (χ1v) is 11.3. The minimum Gasteiger partial charge on any atom is -0.323 e. The van der Waals surface area contributed by atoms with Crippen LogP contribution in [0.15, 0.2) is 82.2 Å². The first-order chi connectivity index (χ1) is 14.7. The van der Waals surface area contributed by atoms with Crippen LogP contribution in [0.2, 0.25) is 0 Å². The van der Waals surface area contributed by atoms with Gasteiger partial charge in [0, 0.05) is 16.6 Å². The number of halogens is 1. The molecular weight excluding hydrogens is 486 g/mol. The van der Waals surface area contributed by atoms with Crippen molar-refractivity contribution < 1.29 is 18.1 Å². The Morgan fingerprint density at radius 1 is 1.06 bits per heavy atom. The van der Waals surface area contributed by atoms with Crippen LogP contribution >= 0.6 is 15.9 Å². The molecule has 0 aliphatic heterocycles. The van der Waals surface area contributed by atoms with Gasteiger partial charge in [0.25, 0.3) is 15.7 Å². The summed E-state index contributed by atoms with van der Waals surface area (Å²) in [4.78, 5) is 23.1. The molecule has 0 saturated heterocycles. The number of carbonyl (C=O) groups is 1. The molecule has 3 aromatic carbocycles. The zero-order chi connectivity index (χ0) is 22.6. The van der Waals surface area contributed by atoms with Crippen LogP contribution in [-0.2, 0) is 14.8 Å². The number of hydrogen-bond acceptors (Lipinski definition) is 5. The van der Waals surface area contributed by atoms with E-state index >= 15 is 0 Å². The molecular formula is C21H18BrN3O5S. The van der Waals surface area contributed by atoms with Gasteiger partial charge in [0.1, 0.15) is 6.54 Å². The molecule has 8 nitrogen and oxygen atoms in total. The molecule has 1 amide bonds. The first kappa shape index (κ1) is 22.4. The molecule has 0 aromatic heterocycles. The van der Waals surface area contributed by atoms with Crippen molar-refractivity contribution in [1.29, 1.82) is 0 Å². The van der Waals surface area contributed by atoms with Crippen molar-refractivity contribution in [2.24, 2.45) is 0 Å². The summed E-state index contributed by atoms with van der Waals surface area (Å²) in [5.41, 5.74) is 1.43. The molecule has 0 fully saturated rings. The zero-order valence-electron chi connectivity index (χ0n) is 16.4. The molecule has 0 bridgehead atoms. The van der Waals surface area contributed by atoms with Gasteiger partial charge in [0.15, 0.2) is 0 Å². The van der Waals surface area contributed by atoms with E-state index < -0.39 is 27.4 Å². The largest absolute Gasteiger partial charge is 0.323 e. The van der Waals surface area contributed by atoms with Gasteiger partial charge in [0.05, 0.1) is 21.2 Å². The summed E-state index contributed by atoms with van der Waals surface area (Å²) in [6.45, 7) is 1.38. The Kier molecular flexibility index (Phi) is 6.71. The fourth-order valence-corrected chi connectivity index (χ4v) is 4.85. The lowest BCUT2D eigenvalue weighted by molar-refractivity contribution is -0.384. The quantitative estimate of drug-likeness (QED) is 0.377. The summed E-state index contributed by atoms with van der Waals surface area (Å²) in [7, 11) is -4.10. The van der Waals surface area contributed by atoms with Crippen molar-refractivity contribution in [3.8, 4) is 0 Å². The number of rotatable bonds is 7. The smallest absolute Gasteiger partial charge is 0.269 e. The summed E-state index contributed by atoms with van der Waals surface area (Å²) in [5.74, 6) is -0.567. The van der Waals surface area contributed by atoms with Gasteiger partial charge in [-0.1, -0.05) is 24.3 Å². The van der Waals surface area contributed by atoms with Crippen LogP contribution in [0.3, 0.4) is 0 Å². The van der Waals surface area contributed by atoms with Gasteiger partial charge >= 0.3 is 0 Å². The lowest BCUT2D eigenvalue weighted by Gasteiger charge is -2.24. The normalized spacial score (nSPS) is 11.0. The Morgan fingerprint density at radius 3 is 2.29 bits per heavy atom. The van der Waals surface area contributed by atoms with E-state index in [1.54, 1.807) is 24.3 Å². The molecule has 0 atom stereocenters. The van der Waals surface area contributed by atoms with E-state index in [0.29, 0.717) is 10.2 Å².